The molecule has 5 heteroatoms. The van der Waals surface area contributed by atoms with Crippen LogP contribution in [0.5, 0.6) is 17.2 Å². The van der Waals surface area contributed by atoms with Gasteiger partial charge in [0.25, 0.3) is 5.91 Å². The Morgan fingerprint density at radius 2 is 1.54 bits per heavy atom. The van der Waals surface area contributed by atoms with Gasteiger partial charge in [0.2, 0.25) is 5.75 Å². The Bertz CT molecular complexity index is 844. The summed E-state index contributed by atoms with van der Waals surface area (Å²) in [5.41, 5.74) is 3.42. The van der Waals surface area contributed by atoms with E-state index in [4.69, 9.17) is 14.2 Å². The third kappa shape index (κ3) is 3.57. The summed E-state index contributed by atoms with van der Waals surface area (Å²) in [5.74, 6) is 1.52. The van der Waals surface area contributed by atoms with E-state index >= 15 is 0 Å². The normalized spacial score (nSPS) is 16.7. The highest BCUT2D eigenvalue weighted by atomic mass is 16.5. The van der Waals surface area contributed by atoms with E-state index in [2.05, 4.69) is 5.32 Å². The standard InChI is InChI=1S/C21H21NO4/c1-24-18-11-15(12-19(25-2)20(18)26-3)10-17-16(13-22-21(17)23)9-14-7-5-4-6-8-14/h4-12H,13H2,1-3H3,(H,22,23)/b16-9-,17-10+. The van der Waals surface area contributed by atoms with Crippen LogP contribution in [0.2, 0.25) is 0 Å². The van der Waals surface area contributed by atoms with E-state index in [9.17, 15) is 4.79 Å². The molecule has 0 radical (unpaired) electrons. The van der Waals surface area contributed by atoms with Crippen molar-refractivity contribution in [3.63, 3.8) is 0 Å². The summed E-state index contributed by atoms with van der Waals surface area (Å²) in [6, 6.07) is 13.6. The van der Waals surface area contributed by atoms with Crippen molar-refractivity contribution in [2.75, 3.05) is 27.9 Å². The number of hydrogen-bond donors (Lipinski definition) is 1. The maximum Gasteiger partial charge on any atom is 0.251 e. The van der Waals surface area contributed by atoms with Gasteiger partial charge >= 0.3 is 0 Å². The molecule has 26 heavy (non-hydrogen) atoms. The van der Waals surface area contributed by atoms with Crippen LogP contribution < -0.4 is 19.5 Å². The van der Waals surface area contributed by atoms with Crippen molar-refractivity contribution in [1.29, 1.82) is 0 Å². The summed E-state index contributed by atoms with van der Waals surface area (Å²) in [4.78, 5) is 12.3. The van der Waals surface area contributed by atoms with E-state index < -0.39 is 0 Å². The zero-order chi connectivity index (χ0) is 18.5. The fraction of sp³-hybridized carbons (Fsp3) is 0.190. The highest BCUT2D eigenvalue weighted by Crippen LogP contribution is 2.39. The molecule has 0 aliphatic carbocycles. The van der Waals surface area contributed by atoms with Gasteiger partial charge in [-0.1, -0.05) is 30.3 Å². The van der Waals surface area contributed by atoms with Gasteiger partial charge in [-0.25, -0.2) is 0 Å². The number of nitrogens with one attached hydrogen (secondary N) is 1. The zero-order valence-electron chi connectivity index (χ0n) is 15.0. The van der Waals surface area contributed by atoms with Gasteiger partial charge in [-0.05, 0) is 41.0 Å². The molecule has 0 bridgehead atoms. The first-order valence-electron chi connectivity index (χ1n) is 8.22. The molecule has 0 saturated carbocycles. The lowest BCUT2D eigenvalue weighted by molar-refractivity contribution is -0.116. The molecule has 0 atom stereocenters. The van der Waals surface area contributed by atoms with Crippen LogP contribution in [0.1, 0.15) is 11.1 Å². The molecule has 3 rings (SSSR count). The second-order valence-corrected chi connectivity index (χ2v) is 5.78. The Hall–Kier alpha value is -3.21. The number of benzene rings is 2. The second-order valence-electron chi connectivity index (χ2n) is 5.78. The van der Waals surface area contributed by atoms with Crippen molar-refractivity contribution in [2.24, 2.45) is 0 Å². The maximum atomic E-state index is 12.3. The lowest BCUT2D eigenvalue weighted by Crippen LogP contribution is -2.14. The monoisotopic (exact) mass is 351 g/mol. The first-order valence-corrected chi connectivity index (χ1v) is 8.22. The first kappa shape index (κ1) is 17.6. The van der Waals surface area contributed by atoms with Gasteiger partial charge in [0.1, 0.15) is 0 Å². The van der Waals surface area contributed by atoms with Gasteiger partial charge in [-0.3, -0.25) is 4.79 Å². The van der Waals surface area contributed by atoms with E-state index in [1.54, 1.807) is 21.3 Å². The number of carbonyl (C=O) groups excluding carboxylic acids is 1. The predicted molar refractivity (Wildman–Crippen MR) is 102 cm³/mol. The lowest BCUT2D eigenvalue weighted by atomic mass is 10.0. The summed E-state index contributed by atoms with van der Waals surface area (Å²) in [6.07, 6.45) is 3.85. The largest absolute Gasteiger partial charge is 0.493 e. The Morgan fingerprint density at radius 3 is 2.12 bits per heavy atom. The molecule has 0 aromatic heterocycles. The summed E-state index contributed by atoms with van der Waals surface area (Å²) < 4.78 is 16.1. The minimum absolute atomic E-state index is 0.0964. The molecular formula is C21H21NO4. The highest BCUT2D eigenvalue weighted by Gasteiger charge is 2.22. The Morgan fingerprint density at radius 1 is 0.885 bits per heavy atom. The molecule has 1 amide bonds. The molecular weight excluding hydrogens is 330 g/mol. The Kier molecular flexibility index (Phi) is 5.27. The van der Waals surface area contributed by atoms with E-state index in [0.29, 0.717) is 29.4 Å². The quantitative estimate of drug-likeness (QED) is 0.840. The zero-order valence-corrected chi connectivity index (χ0v) is 15.0. The number of rotatable bonds is 5. The van der Waals surface area contributed by atoms with Crippen LogP contribution in [0.25, 0.3) is 12.2 Å². The molecule has 1 aliphatic rings. The fourth-order valence-electron chi connectivity index (χ4n) is 2.90. The summed E-state index contributed by atoms with van der Waals surface area (Å²) in [7, 11) is 4.69. The van der Waals surface area contributed by atoms with Crippen LogP contribution in [0, 0.1) is 0 Å². The van der Waals surface area contributed by atoms with Gasteiger partial charge in [0.05, 0.1) is 21.3 Å². The van der Waals surface area contributed by atoms with Gasteiger partial charge < -0.3 is 19.5 Å². The van der Waals surface area contributed by atoms with Crippen LogP contribution in [0.4, 0.5) is 0 Å². The Balaban J connectivity index is 2.04. The number of amides is 1. The van der Waals surface area contributed by atoms with Crippen LogP contribution in [0.3, 0.4) is 0 Å². The number of ether oxygens (including phenoxy) is 3. The van der Waals surface area contributed by atoms with E-state index in [0.717, 1.165) is 16.7 Å². The Labute approximate surface area is 152 Å². The molecule has 134 valence electrons. The molecule has 1 fully saturated rings. The molecule has 5 nitrogen and oxygen atoms in total. The minimum Gasteiger partial charge on any atom is -0.493 e. The summed E-state index contributed by atoms with van der Waals surface area (Å²) in [6.45, 7) is 0.504. The molecule has 2 aromatic carbocycles. The van der Waals surface area contributed by atoms with Gasteiger partial charge in [-0.15, -0.1) is 0 Å². The van der Waals surface area contributed by atoms with E-state index in [-0.39, 0.29) is 5.91 Å². The van der Waals surface area contributed by atoms with Crippen LogP contribution in [0.15, 0.2) is 53.6 Å². The first-order chi connectivity index (χ1) is 12.7. The van der Waals surface area contributed by atoms with Crippen molar-refractivity contribution in [3.05, 3.63) is 64.7 Å². The van der Waals surface area contributed by atoms with Gasteiger partial charge in [0.15, 0.2) is 11.5 Å². The van der Waals surface area contributed by atoms with Crippen LogP contribution in [-0.4, -0.2) is 33.8 Å². The van der Waals surface area contributed by atoms with Crippen molar-refractivity contribution in [3.8, 4) is 17.2 Å². The number of carbonyl (C=O) groups is 1. The molecule has 0 unspecified atom stereocenters. The van der Waals surface area contributed by atoms with Gasteiger partial charge in [0, 0.05) is 12.1 Å². The van der Waals surface area contributed by atoms with Crippen molar-refractivity contribution < 1.29 is 19.0 Å². The summed E-state index contributed by atoms with van der Waals surface area (Å²) in [5, 5.41) is 2.88. The smallest absolute Gasteiger partial charge is 0.251 e. The molecule has 0 spiro atoms. The predicted octanol–water partition coefficient (Wildman–Crippen LogP) is 3.31. The molecule has 1 saturated heterocycles. The van der Waals surface area contributed by atoms with Crippen molar-refractivity contribution in [1.82, 2.24) is 5.32 Å². The van der Waals surface area contributed by atoms with Crippen LogP contribution in [-0.2, 0) is 4.79 Å². The van der Waals surface area contributed by atoms with Crippen LogP contribution >= 0.6 is 0 Å². The third-order valence-corrected chi connectivity index (χ3v) is 4.17. The van der Waals surface area contributed by atoms with Gasteiger partial charge in [-0.2, -0.15) is 0 Å². The van der Waals surface area contributed by atoms with E-state index in [1.807, 2.05) is 54.6 Å². The van der Waals surface area contributed by atoms with Crippen molar-refractivity contribution >= 4 is 18.1 Å². The average molecular weight is 351 g/mol. The molecule has 1 N–H and O–H groups in total. The number of hydrogen-bond acceptors (Lipinski definition) is 4. The van der Waals surface area contributed by atoms with E-state index in [1.165, 1.54) is 0 Å². The topological polar surface area (TPSA) is 56.8 Å². The highest BCUT2D eigenvalue weighted by molar-refractivity contribution is 6.06. The summed E-state index contributed by atoms with van der Waals surface area (Å²) >= 11 is 0. The molecule has 2 aromatic rings. The number of methoxy groups -OCH3 is 3. The second kappa shape index (κ2) is 7.78. The third-order valence-electron chi connectivity index (χ3n) is 4.17. The molecule has 1 aliphatic heterocycles. The minimum atomic E-state index is -0.0964. The average Bonchev–Trinajstić information content (AvgIpc) is 3.01. The molecule has 1 heterocycles. The maximum absolute atomic E-state index is 12.3. The SMILES string of the molecule is COc1cc(/C=C2/C(=O)NC/C2=C/c2ccccc2)cc(OC)c1OC. The fourth-order valence-corrected chi connectivity index (χ4v) is 2.90. The lowest BCUT2D eigenvalue weighted by Gasteiger charge is -2.13. The van der Waals surface area contributed by atoms with Crippen molar-refractivity contribution in [2.45, 2.75) is 0 Å².